The number of carbonyl (C=O) groups excluding carboxylic acids is 1. The molecule has 2 aromatic carbocycles. The summed E-state index contributed by atoms with van der Waals surface area (Å²) >= 11 is 4.53. The van der Waals surface area contributed by atoms with Crippen molar-refractivity contribution in [3.63, 3.8) is 0 Å². The van der Waals surface area contributed by atoms with E-state index in [1.54, 1.807) is 18.8 Å². The number of carbonyl (C=O) groups is 1. The molecule has 27 heavy (non-hydrogen) atoms. The van der Waals surface area contributed by atoms with Crippen molar-refractivity contribution in [2.24, 2.45) is 0 Å². The summed E-state index contributed by atoms with van der Waals surface area (Å²) in [5, 5.41) is 14.6. The Morgan fingerprint density at radius 1 is 1.04 bits per heavy atom. The van der Waals surface area contributed by atoms with Gasteiger partial charge in [-0.05, 0) is 61.4 Å². The van der Waals surface area contributed by atoms with E-state index in [-0.39, 0.29) is 5.91 Å². The number of nitrogens with zero attached hydrogens (tertiary/aromatic N) is 2. The fraction of sp³-hybridized carbons (Fsp3) is 0.211. The van der Waals surface area contributed by atoms with E-state index in [0.29, 0.717) is 5.75 Å². The second kappa shape index (κ2) is 9.25. The molecule has 3 aromatic rings. The largest absolute Gasteiger partial charge is 0.363 e. The highest BCUT2D eigenvalue weighted by Crippen LogP contribution is 2.30. The number of anilines is 2. The summed E-state index contributed by atoms with van der Waals surface area (Å²) in [4.78, 5) is 14.5. The lowest BCUT2D eigenvalue weighted by molar-refractivity contribution is -0.113. The Morgan fingerprint density at radius 3 is 2.44 bits per heavy atom. The SMILES string of the molecule is CNc1nnc(SCC(=O)Nc2ccc(Sc3ccc(C)c(C)c3)cc2)s1. The topological polar surface area (TPSA) is 66.9 Å². The van der Waals surface area contributed by atoms with Crippen LogP contribution in [-0.4, -0.2) is 28.9 Å². The summed E-state index contributed by atoms with van der Waals surface area (Å²) in [5.74, 6) is 0.244. The minimum Gasteiger partial charge on any atom is -0.363 e. The third kappa shape index (κ3) is 5.72. The minimum absolute atomic E-state index is 0.0595. The van der Waals surface area contributed by atoms with Crippen LogP contribution in [-0.2, 0) is 4.79 Å². The van der Waals surface area contributed by atoms with Gasteiger partial charge in [-0.2, -0.15) is 0 Å². The van der Waals surface area contributed by atoms with Gasteiger partial charge in [0.15, 0.2) is 4.34 Å². The fourth-order valence-corrected chi connectivity index (χ4v) is 4.63. The highest BCUT2D eigenvalue weighted by Gasteiger charge is 2.08. The number of hydrogen-bond acceptors (Lipinski definition) is 7. The predicted molar refractivity (Wildman–Crippen MR) is 115 cm³/mol. The number of nitrogens with one attached hydrogen (secondary N) is 2. The Hall–Kier alpha value is -2.03. The first-order valence-corrected chi connectivity index (χ1v) is 10.9. The number of amides is 1. The molecule has 2 N–H and O–H groups in total. The number of rotatable bonds is 7. The molecule has 0 aliphatic carbocycles. The van der Waals surface area contributed by atoms with Crippen molar-refractivity contribution in [1.82, 2.24) is 10.2 Å². The standard InChI is InChI=1S/C19H20N4OS3/c1-12-4-7-16(10-13(12)2)26-15-8-5-14(6-9-15)21-17(24)11-25-19-23-22-18(20-3)27-19/h4-10H,11H2,1-3H3,(H,20,22)(H,21,24). The summed E-state index contributed by atoms with van der Waals surface area (Å²) < 4.78 is 0.773. The lowest BCUT2D eigenvalue weighted by Gasteiger charge is -2.07. The van der Waals surface area contributed by atoms with Crippen LogP contribution in [0.15, 0.2) is 56.6 Å². The van der Waals surface area contributed by atoms with E-state index in [9.17, 15) is 4.79 Å². The quantitative estimate of drug-likeness (QED) is 0.524. The van der Waals surface area contributed by atoms with Gasteiger partial charge >= 0.3 is 0 Å². The summed E-state index contributed by atoms with van der Waals surface area (Å²) in [7, 11) is 1.80. The molecule has 0 radical (unpaired) electrons. The van der Waals surface area contributed by atoms with E-state index in [0.717, 1.165) is 20.1 Å². The zero-order valence-electron chi connectivity index (χ0n) is 15.3. The molecule has 0 spiro atoms. The second-order valence-corrected chi connectivity index (χ2v) is 9.18. The van der Waals surface area contributed by atoms with E-state index in [2.05, 4.69) is 52.9 Å². The smallest absolute Gasteiger partial charge is 0.234 e. The van der Waals surface area contributed by atoms with Crippen molar-refractivity contribution in [3.05, 3.63) is 53.6 Å². The van der Waals surface area contributed by atoms with Crippen LogP contribution in [0.1, 0.15) is 11.1 Å². The Kier molecular flexibility index (Phi) is 6.76. The molecule has 8 heteroatoms. The van der Waals surface area contributed by atoms with Crippen molar-refractivity contribution in [3.8, 4) is 0 Å². The van der Waals surface area contributed by atoms with Crippen LogP contribution < -0.4 is 10.6 Å². The molecule has 1 aromatic heterocycles. The normalized spacial score (nSPS) is 10.6. The number of hydrogen-bond donors (Lipinski definition) is 2. The molecule has 0 aliphatic rings. The maximum atomic E-state index is 12.1. The van der Waals surface area contributed by atoms with Gasteiger partial charge < -0.3 is 10.6 Å². The van der Waals surface area contributed by atoms with Gasteiger partial charge in [-0.3, -0.25) is 4.79 Å². The van der Waals surface area contributed by atoms with Gasteiger partial charge in [0.25, 0.3) is 0 Å². The highest BCUT2D eigenvalue weighted by molar-refractivity contribution is 8.01. The zero-order chi connectivity index (χ0) is 19.2. The van der Waals surface area contributed by atoms with Gasteiger partial charge in [0.2, 0.25) is 11.0 Å². The zero-order valence-corrected chi connectivity index (χ0v) is 17.7. The third-order valence-corrected chi connectivity index (χ3v) is 6.87. The molecule has 5 nitrogen and oxygen atoms in total. The third-order valence-electron chi connectivity index (χ3n) is 3.80. The molecule has 3 rings (SSSR count). The van der Waals surface area contributed by atoms with Crippen LogP contribution >= 0.6 is 34.9 Å². The van der Waals surface area contributed by atoms with E-state index < -0.39 is 0 Å². The average molecular weight is 417 g/mol. The van der Waals surface area contributed by atoms with Gasteiger partial charge in [-0.25, -0.2) is 0 Å². The fourth-order valence-electron chi connectivity index (χ4n) is 2.21. The minimum atomic E-state index is -0.0595. The first-order chi connectivity index (χ1) is 13.0. The lowest BCUT2D eigenvalue weighted by atomic mass is 10.1. The van der Waals surface area contributed by atoms with Gasteiger partial charge in [0.05, 0.1) is 5.75 Å². The van der Waals surface area contributed by atoms with Gasteiger partial charge in [-0.15, -0.1) is 10.2 Å². The van der Waals surface area contributed by atoms with Gasteiger partial charge in [0, 0.05) is 22.5 Å². The van der Waals surface area contributed by atoms with Crippen LogP contribution in [0.2, 0.25) is 0 Å². The van der Waals surface area contributed by atoms with Gasteiger partial charge in [-0.1, -0.05) is 40.9 Å². The first kappa shape index (κ1) is 19.7. The van der Waals surface area contributed by atoms with Crippen LogP contribution in [0.3, 0.4) is 0 Å². The molecule has 0 aliphatic heterocycles. The number of thioether (sulfide) groups is 1. The lowest BCUT2D eigenvalue weighted by Crippen LogP contribution is -2.13. The van der Waals surface area contributed by atoms with Gasteiger partial charge in [0.1, 0.15) is 0 Å². The number of aromatic nitrogens is 2. The maximum absolute atomic E-state index is 12.1. The first-order valence-electron chi connectivity index (χ1n) is 8.32. The molecule has 0 saturated heterocycles. The van der Waals surface area contributed by atoms with Crippen LogP contribution in [0, 0.1) is 13.8 Å². The van der Waals surface area contributed by atoms with Crippen molar-refractivity contribution in [2.45, 2.75) is 28.0 Å². The van der Waals surface area contributed by atoms with E-state index in [1.807, 2.05) is 24.3 Å². The molecule has 0 atom stereocenters. The summed E-state index contributed by atoms with van der Waals surface area (Å²) in [5.41, 5.74) is 3.38. The molecule has 1 heterocycles. The summed E-state index contributed by atoms with van der Waals surface area (Å²) in [6, 6.07) is 14.4. The molecule has 0 unspecified atom stereocenters. The van der Waals surface area contributed by atoms with Crippen molar-refractivity contribution in [1.29, 1.82) is 0 Å². The monoisotopic (exact) mass is 416 g/mol. The van der Waals surface area contributed by atoms with Crippen molar-refractivity contribution < 1.29 is 4.79 Å². The molecule has 0 saturated carbocycles. The Balaban J connectivity index is 1.52. The molecular formula is C19H20N4OS3. The molecular weight excluding hydrogens is 396 g/mol. The van der Waals surface area contributed by atoms with Crippen LogP contribution in [0.25, 0.3) is 0 Å². The van der Waals surface area contributed by atoms with Crippen molar-refractivity contribution in [2.75, 3.05) is 23.4 Å². The Bertz CT molecular complexity index is 925. The van der Waals surface area contributed by atoms with Crippen molar-refractivity contribution >= 4 is 51.6 Å². The summed E-state index contributed by atoms with van der Waals surface area (Å²) in [6.45, 7) is 4.24. The van der Waals surface area contributed by atoms with E-state index >= 15 is 0 Å². The molecule has 1 amide bonds. The summed E-state index contributed by atoms with van der Waals surface area (Å²) in [6.07, 6.45) is 0. The molecule has 0 fully saturated rings. The molecule has 0 bridgehead atoms. The highest BCUT2D eigenvalue weighted by atomic mass is 32.2. The van der Waals surface area contributed by atoms with E-state index in [1.165, 1.54) is 39.1 Å². The second-order valence-electron chi connectivity index (χ2n) is 5.83. The van der Waals surface area contributed by atoms with Crippen LogP contribution in [0.4, 0.5) is 10.8 Å². The predicted octanol–water partition coefficient (Wildman–Crippen LogP) is 5.08. The Morgan fingerprint density at radius 2 is 1.78 bits per heavy atom. The molecule has 140 valence electrons. The van der Waals surface area contributed by atoms with Crippen LogP contribution in [0.5, 0.6) is 0 Å². The Labute approximate surface area is 171 Å². The number of benzene rings is 2. The van der Waals surface area contributed by atoms with E-state index in [4.69, 9.17) is 0 Å². The average Bonchev–Trinajstić information content (AvgIpc) is 3.13. The number of aryl methyl sites for hydroxylation is 2. The maximum Gasteiger partial charge on any atom is 0.234 e.